The summed E-state index contributed by atoms with van der Waals surface area (Å²) in [5, 5.41) is 0. The van der Waals surface area contributed by atoms with Crippen LogP contribution in [-0.4, -0.2) is 33.2 Å². The zero-order valence-electron chi connectivity index (χ0n) is 10.5. The summed E-state index contributed by atoms with van der Waals surface area (Å²) in [6.07, 6.45) is 1.17. The van der Waals surface area contributed by atoms with E-state index in [1.165, 1.54) is 18.3 Å². The first-order valence-corrected chi connectivity index (χ1v) is 7.16. The Morgan fingerprint density at radius 2 is 2.11 bits per heavy atom. The molecule has 1 rings (SSSR count). The average molecular weight is 274 g/mol. The first-order valence-electron chi connectivity index (χ1n) is 5.68. The van der Waals surface area contributed by atoms with Crippen molar-refractivity contribution in [2.24, 2.45) is 5.92 Å². The molecule has 7 heteroatoms. The summed E-state index contributed by atoms with van der Waals surface area (Å²) < 4.78 is 31.2. The van der Waals surface area contributed by atoms with Gasteiger partial charge in [0.25, 0.3) is 0 Å². The molecule has 0 spiro atoms. The van der Waals surface area contributed by atoms with Gasteiger partial charge >= 0.3 is 0 Å². The number of rotatable bonds is 7. The highest BCUT2D eigenvalue weighted by Gasteiger charge is 2.12. The minimum absolute atomic E-state index is 0.0333. The van der Waals surface area contributed by atoms with Crippen LogP contribution in [-0.2, 0) is 14.8 Å². The van der Waals surface area contributed by atoms with Crippen molar-refractivity contribution in [3.8, 4) is 0 Å². The second kappa shape index (κ2) is 6.67. The monoisotopic (exact) mass is 274 g/mol. The van der Waals surface area contributed by atoms with Gasteiger partial charge in [-0.05, 0) is 12.0 Å². The molecule has 1 aromatic heterocycles. The van der Waals surface area contributed by atoms with Crippen LogP contribution in [0, 0.1) is 5.92 Å². The zero-order valence-corrected chi connectivity index (χ0v) is 11.3. The normalized spacial score (nSPS) is 11.9. The van der Waals surface area contributed by atoms with Crippen LogP contribution in [0.2, 0.25) is 0 Å². The lowest BCUT2D eigenvalue weighted by Gasteiger charge is -2.08. The van der Waals surface area contributed by atoms with E-state index in [1.54, 1.807) is 0 Å². The number of pyridine rings is 1. The van der Waals surface area contributed by atoms with Crippen LogP contribution in [0.15, 0.2) is 28.0 Å². The minimum atomic E-state index is -3.58. The topological polar surface area (TPSA) is 88.3 Å². The molecule has 1 aromatic rings. The fourth-order valence-electron chi connectivity index (χ4n) is 1.21. The third-order valence-corrected chi connectivity index (χ3v) is 3.51. The highest BCUT2D eigenvalue weighted by atomic mass is 32.2. The average Bonchev–Trinajstić information content (AvgIpc) is 2.28. The van der Waals surface area contributed by atoms with Crippen LogP contribution in [0.5, 0.6) is 0 Å². The predicted molar refractivity (Wildman–Crippen MR) is 67.9 cm³/mol. The van der Waals surface area contributed by atoms with Crippen LogP contribution in [0.1, 0.15) is 13.8 Å². The highest BCUT2D eigenvalue weighted by molar-refractivity contribution is 7.89. The van der Waals surface area contributed by atoms with Gasteiger partial charge in [0.1, 0.15) is 0 Å². The molecule has 0 aliphatic heterocycles. The van der Waals surface area contributed by atoms with Crippen molar-refractivity contribution >= 4 is 10.0 Å². The molecule has 0 aliphatic rings. The summed E-state index contributed by atoms with van der Waals surface area (Å²) in [7, 11) is -3.58. The first-order chi connectivity index (χ1) is 8.42. The molecule has 0 atom stereocenters. The summed E-state index contributed by atoms with van der Waals surface area (Å²) in [6, 6.07) is 2.43. The Hall–Kier alpha value is -1.18. The Bertz CT molecular complexity index is 502. The maximum atomic E-state index is 11.8. The third kappa shape index (κ3) is 4.99. The van der Waals surface area contributed by atoms with E-state index >= 15 is 0 Å². The van der Waals surface area contributed by atoms with E-state index in [4.69, 9.17) is 4.74 Å². The van der Waals surface area contributed by atoms with Gasteiger partial charge in [0.15, 0.2) is 0 Å². The second-order valence-corrected chi connectivity index (χ2v) is 6.02. The van der Waals surface area contributed by atoms with Crippen LogP contribution < -0.4 is 10.3 Å². The quantitative estimate of drug-likeness (QED) is 0.701. The van der Waals surface area contributed by atoms with Gasteiger partial charge in [0, 0.05) is 25.4 Å². The SMILES string of the molecule is CC(C)COCCNS(=O)(=O)c1ccc(=O)[nH]c1. The van der Waals surface area contributed by atoms with Crippen molar-refractivity contribution < 1.29 is 13.2 Å². The smallest absolute Gasteiger partial charge is 0.247 e. The van der Waals surface area contributed by atoms with E-state index in [2.05, 4.69) is 9.71 Å². The van der Waals surface area contributed by atoms with Crippen molar-refractivity contribution in [2.75, 3.05) is 19.8 Å². The van der Waals surface area contributed by atoms with Gasteiger partial charge in [0.2, 0.25) is 15.6 Å². The molecular formula is C11H18N2O4S. The number of hydrogen-bond donors (Lipinski definition) is 2. The predicted octanol–water partition coefficient (Wildman–Crippen LogP) is 0.326. The van der Waals surface area contributed by atoms with Crippen molar-refractivity contribution in [1.29, 1.82) is 0 Å². The lowest BCUT2D eigenvalue weighted by molar-refractivity contribution is 0.114. The lowest BCUT2D eigenvalue weighted by Crippen LogP contribution is -2.28. The Morgan fingerprint density at radius 1 is 1.39 bits per heavy atom. The Balaban J connectivity index is 2.45. The minimum Gasteiger partial charge on any atom is -0.380 e. The molecule has 0 saturated carbocycles. The summed E-state index contributed by atoms with van der Waals surface area (Å²) >= 11 is 0. The molecular weight excluding hydrogens is 256 g/mol. The van der Waals surface area contributed by atoms with Gasteiger partial charge < -0.3 is 9.72 Å². The largest absolute Gasteiger partial charge is 0.380 e. The van der Waals surface area contributed by atoms with E-state index < -0.39 is 10.0 Å². The molecule has 0 fully saturated rings. The Labute approximate surface area is 106 Å². The summed E-state index contributed by atoms with van der Waals surface area (Å²) in [6.45, 7) is 5.16. The molecule has 2 N–H and O–H groups in total. The number of nitrogens with one attached hydrogen (secondary N) is 2. The van der Waals surface area contributed by atoms with Crippen LogP contribution >= 0.6 is 0 Å². The Morgan fingerprint density at radius 3 is 2.67 bits per heavy atom. The van der Waals surface area contributed by atoms with Crippen LogP contribution in [0.3, 0.4) is 0 Å². The van der Waals surface area contributed by atoms with E-state index in [1.807, 2.05) is 13.8 Å². The standard InChI is InChI=1S/C11H18N2O4S/c1-9(2)8-17-6-5-13-18(15,16)10-3-4-11(14)12-7-10/h3-4,7,9,13H,5-6,8H2,1-2H3,(H,12,14). The molecule has 0 aromatic carbocycles. The fourth-order valence-corrected chi connectivity index (χ4v) is 2.19. The van der Waals surface area contributed by atoms with Crippen molar-refractivity contribution in [2.45, 2.75) is 18.7 Å². The fraction of sp³-hybridized carbons (Fsp3) is 0.545. The Kier molecular flexibility index (Phi) is 5.52. The van der Waals surface area contributed by atoms with Gasteiger partial charge in [-0.15, -0.1) is 0 Å². The maximum absolute atomic E-state index is 11.8. The zero-order chi connectivity index (χ0) is 13.6. The summed E-state index contributed by atoms with van der Waals surface area (Å²) in [4.78, 5) is 13.2. The molecule has 0 amide bonds. The molecule has 0 saturated heterocycles. The third-order valence-electron chi connectivity index (χ3n) is 2.06. The number of aromatic amines is 1. The lowest BCUT2D eigenvalue weighted by atomic mass is 10.2. The number of hydrogen-bond acceptors (Lipinski definition) is 4. The highest BCUT2D eigenvalue weighted by Crippen LogP contribution is 2.03. The summed E-state index contributed by atoms with van der Waals surface area (Å²) in [5.41, 5.74) is -0.339. The van der Waals surface area contributed by atoms with E-state index in [-0.39, 0.29) is 17.0 Å². The number of aromatic nitrogens is 1. The second-order valence-electron chi connectivity index (χ2n) is 4.26. The molecule has 0 aliphatic carbocycles. The molecule has 0 bridgehead atoms. The number of H-pyrrole nitrogens is 1. The molecule has 1 heterocycles. The molecule has 18 heavy (non-hydrogen) atoms. The van der Waals surface area contributed by atoms with Crippen molar-refractivity contribution in [1.82, 2.24) is 9.71 Å². The van der Waals surface area contributed by atoms with Gasteiger partial charge in [-0.1, -0.05) is 13.8 Å². The maximum Gasteiger partial charge on any atom is 0.247 e. The molecule has 102 valence electrons. The van der Waals surface area contributed by atoms with E-state index in [0.29, 0.717) is 19.1 Å². The molecule has 0 radical (unpaired) electrons. The van der Waals surface area contributed by atoms with Gasteiger partial charge in [-0.3, -0.25) is 4.79 Å². The van der Waals surface area contributed by atoms with Crippen molar-refractivity contribution in [3.63, 3.8) is 0 Å². The first kappa shape index (κ1) is 14.9. The van der Waals surface area contributed by atoms with Gasteiger partial charge in [-0.25, -0.2) is 13.1 Å². The van der Waals surface area contributed by atoms with E-state index in [9.17, 15) is 13.2 Å². The van der Waals surface area contributed by atoms with Crippen LogP contribution in [0.25, 0.3) is 0 Å². The number of sulfonamides is 1. The van der Waals surface area contributed by atoms with Gasteiger partial charge in [0.05, 0.1) is 11.5 Å². The number of ether oxygens (including phenoxy) is 1. The molecule has 0 unspecified atom stereocenters. The van der Waals surface area contributed by atoms with E-state index in [0.717, 1.165) is 0 Å². The van der Waals surface area contributed by atoms with Gasteiger partial charge in [-0.2, -0.15) is 0 Å². The van der Waals surface area contributed by atoms with Crippen LogP contribution in [0.4, 0.5) is 0 Å². The van der Waals surface area contributed by atoms with Crippen molar-refractivity contribution in [3.05, 3.63) is 28.7 Å². The molecule has 6 nitrogen and oxygen atoms in total. The summed E-state index contributed by atoms with van der Waals surface area (Å²) in [5.74, 6) is 0.417.